The van der Waals surface area contributed by atoms with Crippen LogP contribution in [0.3, 0.4) is 0 Å². The summed E-state index contributed by atoms with van der Waals surface area (Å²) in [5, 5.41) is 109. The van der Waals surface area contributed by atoms with Crippen molar-refractivity contribution in [2.75, 3.05) is 205 Å². The summed E-state index contributed by atoms with van der Waals surface area (Å²) in [6, 6.07) is -3.28. The minimum Gasteiger partial charge on any atom is -0.394 e. The van der Waals surface area contributed by atoms with Crippen molar-refractivity contribution in [3.8, 4) is 0 Å². The average molecular weight is 2080 g/mol. The van der Waals surface area contributed by atoms with Crippen molar-refractivity contribution in [2.45, 2.75) is 370 Å². The maximum absolute atomic E-state index is 13.8. The maximum Gasteiger partial charge on any atom is 0.222 e. The van der Waals surface area contributed by atoms with E-state index in [1.807, 2.05) is 7.05 Å². The third-order valence-corrected chi connectivity index (χ3v) is 24.6. The average Bonchev–Trinajstić information content (AvgIpc) is 0.937. The van der Waals surface area contributed by atoms with Crippen molar-refractivity contribution in [3.05, 3.63) is 48.6 Å². The Bertz CT molecular complexity index is 3120. The molecule has 0 bridgehead atoms. The molecule has 16 atom stereocenters. The number of unbranched alkanes of at least 4 members (excludes halogenated alkanes) is 20. The van der Waals surface area contributed by atoms with E-state index in [0.29, 0.717) is 6.42 Å². The van der Waals surface area contributed by atoms with Gasteiger partial charge in [0.2, 0.25) is 41.4 Å². The molecule has 0 radical (unpaired) electrons. The number of carbonyl (C=O) groups excluding carboxylic acids is 7. The number of nitrogens with one attached hydrogen (secondary N) is 7. The Morgan fingerprint density at radius 1 is 0.366 bits per heavy atom. The standard InChI is InChI=1S/C64H118N8O31.C40H72O2/c1-6-72(5)17-9-7-8-10-51(82)71-64(39-95-18-11-48(79)65-14-21-89-24-27-92-30-33-98-61-52(68-42(2)76)58(86)55(83)45(36-73)101-61,40-96-19-12-49(80)66-15-22-90-25-28-93-31-34-99-62-53(69-43(3)77)59(87)56(84)46(37-74)102-62)41-97-20-13-50(81)67-16-23-91-26-29-94-32-35-100-63-54(70-44(4)78)60(88)57(85)47(38-75)103-63;1-4-6-8-10-12-14-16-18-20-22-24-26-28-30-32-34-36-40(41-38-39(3)42-40)37-35-33-31-29-27-25-23-21-19-17-15-13-11-9-7-5-2/h45-47,52-63,73-75,83-88H,6-41H2,1-5H3,(H,65,79)(H,66,80)(H,67,81)(H,68,76)(H,69,77)(H,70,78)(H,71,82);12-15,18-21,39H,4-11,16-17,22-38H2,1-3H3/b;14-12-,15-13-,20-18-,21-19-/t45?,46?,47?,52?,53?,54?,55-,56-,57-,58+,59+,60+,61+,62+,63+,64?;39-/m00/s1. The maximum atomic E-state index is 13.8. The Labute approximate surface area is 862 Å². The number of nitrogens with zero attached hydrogens (tertiary/aromatic N) is 1. The monoisotopic (exact) mass is 2080 g/mol. The van der Waals surface area contributed by atoms with Gasteiger partial charge in [-0.15, -0.1) is 0 Å². The molecule has 4 aliphatic heterocycles. The molecule has 16 N–H and O–H groups in total. The van der Waals surface area contributed by atoms with Crippen LogP contribution in [0.1, 0.15) is 260 Å². The fourth-order valence-corrected chi connectivity index (χ4v) is 16.3. The number of hydrogen-bond acceptors (Lipinski definition) is 34. The van der Waals surface area contributed by atoms with Crippen molar-refractivity contribution in [3.63, 3.8) is 0 Å². The van der Waals surface area contributed by atoms with Gasteiger partial charge in [0.15, 0.2) is 24.7 Å². The Kier molecular flexibility index (Phi) is 79.7. The molecule has 0 aliphatic carbocycles. The second-order valence-electron chi connectivity index (χ2n) is 37.4. The van der Waals surface area contributed by atoms with Gasteiger partial charge in [0.25, 0.3) is 0 Å². The largest absolute Gasteiger partial charge is 0.394 e. The zero-order valence-corrected chi connectivity index (χ0v) is 88.7. The van der Waals surface area contributed by atoms with Crippen LogP contribution in [-0.4, -0.2) is 407 Å². The van der Waals surface area contributed by atoms with Crippen LogP contribution < -0.4 is 37.2 Å². The lowest BCUT2D eigenvalue weighted by atomic mass is 9.97. The van der Waals surface area contributed by atoms with Crippen LogP contribution in [0.15, 0.2) is 48.6 Å². The highest BCUT2D eigenvalue weighted by molar-refractivity contribution is 5.78. The van der Waals surface area contributed by atoms with E-state index in [-0.39, 0.29) is 220 Å². The molecule has 0 saturated carbocycles. The van der Waals surface area contributed by atoms with Crippen LogP contribution in [0.5, 0.6) is 0 Å². The lowest BCUT2D eigenvalue weighted by Gasteiger charge is -2.42. The zero-order valence-electron chi connectivity index (χ0n) is 88.7. The lowest BCUT2D eigenvalue weighted by Crippen LogP contribution is -2.64. The van der Waals surface area contributed by atoms with Crippen LogP contribution >= 0.6 is 0 Å². The van der Waals surface area contributed by atoms with E-state index in [0.717, 1.165) is 58.2 Å². The van der Waals surface area contributed by atoms with Gasteiger partial charge in [-0.2, -0.15) is 0 Å². The summed E-state index contributed by atoms with van der Waals surface area (Å²) in [4.78, 5) is 89.8. The van der Waals surface area contributed by atoms with Crippen molar-refractivity contribution in [1.82, 2.24) is 42.1 Å². The van der Waals surface area contributed by atoms with Gasteiger partial charge < -0.3 is 169 Å². The van der Waals surface area contributed by atoms with Gasteiger partial charge in [0, 0.05) is 78.9 Å². The van der Waals surface area contributed by atoms with Crippen LogP contribution in [0.4, 0.5) is 0 Å². The van der Waals surface area contributed by atoms with Gasteiger partial charge in [-0.1, -0.05) is 153 Å². The molecule has 0 spiro atoms. The van der Waals surface area contributed by atoms with Gasteiger partial charge in [0.05, 0.1) is 171 Å². The highest BCUT2D eigenvalue weighted by Crippen LogP contribution is 2.35. The zero-order chi connectivity index (χ0) is 106. The summed E-state index contributed by atoms with van der Waals surface area (Å²) in [6.07, 6.45) is 38.8. The third-order valence-electron chi connectivity index (χ3n) is 24.6. The van der Waals surface area contributed by atoms with Crippen LogP contribution in [-0.2, 0) is 114 Å². The summed E-state index contributed by atoms with van der Waals surface area (Å²) in [7, 11) is 2.01. The normalized spacial score (nSPS) is 23.1. The molecule has 6 unspecified atom stereocenters. The van der Waals surface area contributed by atoms with Gasteiger partial charge >= 0.3 is 0 Å². The number of aliphatic hydroxyl groups excluding tert-OH is 9. The van der Waals surface area contributed by atoms with Gasteiger partial charge in [-0.05, 0) is 117 Å². The molecule has 145 heavy (non-hydrogen) atoms. The Hall–Kier alpha value is -5.83. The molecule has 844 valence electrons. The van der Waals surface area contributed by atoms with Crippen LogP contribution in [0.2, 0.25) is 0 Å². The lowest BCUT2D eigenvalue weighted by molar-refractivity contribution is -0.272. The molecule has 4 aliphatic rings. The van der Waals surface area contributed by atoms with Gasteiger partial charge in [-0.3, -0.25) is 33.6 Å². The molecule has 0 aromatic heterocycles. The minimum absolute atomic E-state index is 0.0237. The molecule has 0 aromatic carbocycles. The van der Waals surface area contributed by atoms with Crippen LogP contribution in [0.25, 0.3) is 0 Å². The number of carbonyl (C=O) groups is 7. The predicted octanol–water partition coefficient (Wildman–Crippen LogP) is 5.43. The van der Waals surface area contributed by atoms with Crippen molar-refractivity contribution < 1.29 is 160 Å². The van der Waals surface area contributed by atoms with E-state index in [9.17, 15) is 79.5 Å². The second-order valence-corrected chi connectivity index (χ2v) is 37.4. The fourth-order valence-electron chi connectivity index (χ4n) is 16.3. The molecule has 4 fully saturated rings. The highest BCUT2D eigenvalue weighted by Gasteiger charge is 2.49. The Balaban J connectivity index is 0.00000107. The molecule has 41 heteroatoms. The second kappa shape index (κ2) is 86.7. The number of ether oxygens (including phenoxy) is 17. The van der Waals surface area contributed by atoms with E-state index >= 15 is 0 Å². The number of amides is 7. The number of rotatable bonds is 89. The summed E-state index contributed by atoms with van der Waals surface area (Å²) in [6.45, 7) is 14.2. The van der Waals surface area contributed by atoms with E-state index in [2.05, 4.69) is 118 Å². The number of aliphatic hydroxyl groups is 9. The summed E-state index contributed by atoms with van der Waals surface area (Å²) >= 11 is 0. The molecule has 4 rings (SSSR count). The Morgan fingerprint density at radius 3 is 0.986 bits per heavy atom. The van der Waals surface area contributed by atoms with Crippen molar-refractivity contribution in [1.29, 1.82) is 0 Å². The first-order chi connectivity index (χ1) is 70.2. The molecule has 4 saturated heterocycles. The minimum atomic E-state index is -1.45. The predicted molar refractivity (Wildman–Crippen MR) is 544 cm³/mol. The first kappa shape index (κ1) is 133. The topological polar surface area (TPSA) is 546 Å². The van der Waals surface area contributed by atoms with E-state index in [4.69, 9.17) is 80.5 Å². The van der Waals surface area contributed by atoms with Gasteiger partial charge in [0.1, 0.15) is 78.6 Å². The molecule has 4 heterocycles. The van der Waals surface area contributed by atoms with E-state index in [1.54, 1.807) is 0 Å². The molecule has 41 nitrogen and oxygen atoms in total. The molecular weight excluding hydrogens is 1890 g/mol. The molecular formula is C104H190N8O33. The van der Waals surface area contributed by atoms with Crippen LogP contribution in [0, 0.1) is 0 Å². The molecule has 7 amide bonds. The first-order valence-corrected chi connectivity index (χ1v) is 53.7. The summed E-state index contributed by atoms with van der Waals surface area (Å²) in [5.74, 6) is -3.17. The Morgan fingerprint density at radius 2 is 0.676 bits per heavy atom. The first-order valence-electron chi connectivity index (χ1n) is 53.7. The van der Waals surface area contributed by atoms with E-state index in [1.165, 1.54) is 162 Å². The van der Waals surface area contributed by atoms with Crippen molar-refractivity contribution >= 4 is 41.4 Å². The summed E-state index contributed by atoms with van der Waals surface area (Å²) in [5.41, 5.74) is -1.37. The number of hydrogen-bond donors (Lipinski definition) is 16. The summed E-state index contributed by atoms with van der Waals surface area (Å²) < 4.78 is 97.6. The smallest absolute Gasteiger partial charge is 0.222 e. The molecule has 0 aromatic rings. The highest BCUT2D eigenvalue weighted by atomic mass is 16.7. The quantitative estimate of drug-likeness (QED) is 0.0267. The number of allylic oxidation sites excluding steroid dienone is 8. The van der Waals surface area contributed by atoms with Crippen molar-refractivity contribution in [2.24, 2.45) is 0 Å². The fraction of sp³-hybridized carbons (Fsp3) is 0.856. The SMILES string of the molecule is CCCCC/C=C\C/C=C\CCCCCCCCC1(CCCCCCCC/C=C\C/C=C\CCCCC)OC[C@H](C)O1.CCN(C)CCCCCC(=O)NC(COCCC(=O)NCCOCCOCCO[C@@H]1OC(CO)[C@H](O)[C@H](O)C1NC(C)=O)(COCCC(=O)NCCOCCOCCO[C@@H]1OC(CO)[C@H](O)[C@H](O)C1NC(C)=O)COCCC(=O)NCCOCCOCCO[C@@H]1OC(CO)[C@H](O)[C@H](O)C1NC(C)=O. The third kappa shape index (κ3) is 64.6. The van der Waals surface area contributed by atoms with Gasteiger partial charge in [-0.25, -0.2) is 0 Å². The van der Waals surface area contributed by atoms with E-state index < -0.39 is 135 Å².